The summed E-state index contributed by atoms with van der Waals surface area (Å²) in [6.07, 6.45) is 31.1. The van der Waals surface area contributed by atoms with Crippen LogP contribution in [0.3, 0.4) is 0 Å². The van der Waals surface area contributed by atoms with Crippen molar-refractivity contribution in [2.45, 2.75) is 187 Å². The molecule has 0 unspecified atom stereocenters. The summed E-state index contributed by atoms with van der Waals surface area (Å²) in [5.41, 5.74) is 4.10. The molecule has 8 nitrogen and oxygen atoms in total. The minimum absolute atomic E-state index is 0.0298. The first-order chi connectivity index (χ1) is 23.4. The Kier molecular flexibility index (Phi) is 23.4. The van der Waals surface area contributed by atoms with Gasteiger partial charge in [-0.25, -0.2) is 4.63 Å². The van der Waals surface area contributed by atoms with Gasteiger partial charge in [-0.05, 0) is 60.5 Å². The van der Waals surface area contributed by atoms with E-state index in [1.54, 1.807) is 6.08 Å². The molecule has 0 saturated heterocycles. The van der Waals surface area contributed by atoms with Gasteiger partial charge in [0.1, 0.15) is 17.6 Å². The molecule has 0 aliphatic carbocycles. The number of fused-ring (bicyclic) bond motifs is 1. The average molecular weight is 670 g/mol. The highest BCUT2D eigenvalue weighted by Gasteiger charge is 2.20. The molecule has 8 heteroatoms. The van der Waals surface area contributed by atoms with Gasteiger partial charge < -0.3 is 15.2 Å². The summed E-state index contributed by atoms with van der Waals surface area (Å²) < 4.78 is 10.1. The summed E-state index contributed by atoms with van der Waals surface area (Å²) in [4.78, 5) is 24.0. The summed E-state index contributed by atoms with van der Waals surface area (Å²) in [6.45, 7) is 5.60. The molecule has 48 heavy (non-hydrogen) atoms. The summed E-state index contributed by atoms with van der Waals surface area (Å²) in [5.74, 6) is -0.513. The van der Waals surface area contributed by atoms with E-state index in [0.29, 0.717) is 6.42 Å². The van der Waals surface area contributed by atoms with Gasteiger partial charge in [0.25, 0.3) is 0 Å². The van der Waals surface area contributed by atoms with Crippen molar-refractivity contribution in [1.82, 2.24) is 15.6 Å². The molecule has 0 aliphatic rings. The Labute approximate surface area is 291 Å². The van der Waals surface area contributed by atoms with Crippen molar-refractivity contribution >= 4 is 22.9 Å². The number of carbonyl (C=O) groups excluding carboxylic acids is 2. The van der Waals surface area contributed by atoms with E-state index in [1.165, 1.54) is 109 Å². The zero-order valence-electron chi connectivity index (χ0n) is 30.6. The minimum Gasteiger partial charge on any atom is -0.464 e. The number of hydrogen-bond donors (Lipinski definition) is 2. The van der Waals surface area contributed by atoms with Crippen LogP contribution in [0.1, 0.15) is 173 Å². The van der Waals surface area contributed by atoms with Crippen molar-refractivity contribution in [2.24, 2.45) is 0 Å². The zero-order valence-corrected chi connectivity index (χ0v) is 30.6. The van der Waals surface area contributed by atoms with Crippen molar-refractivity contribution in [2.75, 3.05) is 6.61 Å². The molecule has 2 aromatic rings. The maximum atomic E-state index is 12.6. The molecule has 0 aliphatic heterocycles. The number of nitrogens with zero attached hydrogens (tertiary/aromatic N) is 2. The molecule has 1 heterocycles. The number of allylic oxidation sites excluding steroid dienone is 1. The van der Waals surface area contributed by atoms with Gasteiger partial charge >= 0.3 is 5.97 Å². The normalized spacial score (nSPS) is 12.9. The second kappa shape index (κ2) is 27.1. The molecule has 1 aromatic heterocycles. The lowest BCUT2D eigenvalue weighted by molar-refractivity contribution is -0.143. The number of nitrogens with one attached hydrogen (secondary N) is 1. The molecule has 0 spiro atoms. The summed E-state index contributed by atoms with van der Waals surface area (Å²) in [7, 11) is 0. The standard InChI is InChI=1S/C40H67N3O5/c1-4-5-6-7-8-9-10-11-12-17-20-23-26-29-38(46)41-36(32-47-34(3)44)37(45)28-25-22-19-16-14-13-15-18-21-24-27-35-31-30-33(2)39-40(35)43-48-42-39/h25,28,30-31,36-37,45H,4-24,26-27,29,32H2,1-3H3,(H,41,46)/b28-25+/t36-,37+/m0/s1. The van der Waals surface area contributed by atoms with Crippen molar-refractivity contribution in [3.63, 3.8) is 0 Å². The molecule has 1 aromatic carbocycles. The number of aliphatic hydroxyl groups excluding tert-OH is 1. The fraction of sp³-hybridized carbons (Fsp3) is 0.750. The summed E-state index contributed by atoms with van der Waals surface area (Å²) in [6, 6.07) is 3.61. The largest absolute Gasteiger partial charge is 0.464 e. The van der Waals surface area contributed by atoms with Crippen LogP contribution in [0.15, 0.2) is 28.9 Å². The lowest BCUT2D eigenvalue weighted by Gasteiger charge is -2.21. The van der Waals surface area contributed by atoms with Gasteiger partial charge in [-0.15, -0.1) is 0 Å². The third kappa shape index (κ3) is 19.3. The highest BCUT2D eigenvalue weighted by Crippen LogP contribution is 2.21. The van der Waals surface area contributed by atoms with Crippen molar-refractivity contribution in [1.29, 1.82) is 0 Å². The second-order valence-corrected chi connectivity index (χ2v) is 13.8. The number of amides is 1. The molecule has 0 radical (unpaired) electrons. The van der Waals surface area contributed by atoms with Gasteiger partial charge in [0.2, 0.25) is 5.91 Å². The quantitative estimate of drug-likeness (QED) is 0.0483. The maximum Gasteiger partial charge on any atom is 0.302 e. The van der Waals surface area contributed by atoms with Crippen LogP contribution >= 0.6 is 0 Å². The molecule has 0 bridgehead atoms. The molecule has 0 fully saturated rings. The molecule has 2 N–H and O–H groups in total. The van der Waals surface area contributed by atoms with E-state index in [9.17, 15) is 14.7 Å². The molecule has 2 rings (SSSR count). The van der Waals surface area contributed by atoms with Crippen LogP contribution in [0.4, 0.5) is 0 Å². The lowest BCUT2D eigenvalue weighted by Crippen LogP contribution is -2.46. The van der Waals surface area contributed by atoms with Crippen LogP contribution in [0.5, 0.6) is 0 Å². The van der Waals surface area contributed by atoms with Crippen LogP contribution in [0.2, 0.25) is 0 Å². The number of aromatic nitrogens is 2. The first-order valence-corrected chi connectivity index (χ1v) is 19.4. The van der Waals surface area contributed by atoms with E-state index >= 15 is 0 Å². The third-order valence-corrected chi connectivity index (χ3v) is 9.33. The van der Waals surface area contributed by atoms with E-state index in [4.69, 9.17) is 9.37 Å². The van der Waals surface area contributed by atoms with Gasteiger partial charge in [0.05, 0.1) is 12.1 Å². The fourth-order valence-corrected chi connectivity index (χ4v) is 6.27. The predicted molar refractivity (Wildman–Crippen MR) is 196 cm³/mol. The summed E-state index contributed by atoms with van der Waals surface area (Å²) >= 11 is 0. The van der Waals surface area contributed by atoms with E-state index in [1.807, 2.05) is 13.0 Å². The first-order valence-electron chi connectivity index (χ1n) is 19.4. The first kappa shape index (κ1) is 41.4. The number of carbonyl (C=O) groups is 2. The Hall–Kier alpha value is -2.74. The predicted octanol–water partition coefficient (Wildman–Crippen LogP) is 10.0. The van der Waals surface area contributed by atoms with Crippen molar-refractivity contribution in [3.8, 4) is 0 Å². The Balaban J connectivity index is 1.49. The van der Waals surface area contributed by atoms with E-state index in [2.05, 4.69) is 34.7 Å². The number of esters is 1. The van der Waals surface area contributed by atoms with Gasteiger partial charge in [-0.3, -0.25) is 9.59 Å². The van der Waals surface area contributed by atoms with Crippen LogP contribution < -0.4 is 5.32 Å². The number of benzene rings is 1. The number of aliphatic hydroxyl groups is 1. The Morgan fingerprint density at radius 2 is 1.33 bits per heavy atom. The molecular weight excluding hydrogens is 602 g/mol. The number of rotatable bonds is 30. The average Bonchev–Trinajstić information content (AvgIpc) is 3.58. The van der Waals surface area contributed by atoms with Gasteiger partial charge in [0, 0.05) is 13.3 Å². The Morgan fingerprint density at radius 1 is 0.792 bits per heavy atom. The number of aryl methyl sites for hydroxylation is 2. The van der Waals surface area contributed by atoms with Crippen LogP contribution in [0.25, 0.3) is 11.0 Å². The smallest absolute Gasteiger partial charge is 0.302 e. The van der Waals surface area contributed by atoms with E-state index < -0.39 is 18.1 Å². The number of ether oxygens (including phenoxy) is 1. The van der Waals surface area contributed by atoms with E-state index in [0.717, 1.165) is 68.0 Å². The van der Waals surface area contributed by atoms with Crippen LogP contribution in [-0.4, -0.2) is 46.0 Å². The van der Waals surface area contributed by atoms with Crippen LogP contribution in [0, 0.1) is 6.92 Å². The van der Waals surface area contributed by atoms with Crippen LogP contribution in [-0.2, 0) is 20.7 Å². The lowest BCUT2D eigenvalue weighted by atomic mass is 10.0. The molecule has 2 atom stereocenters. The molecule has 0 saturated carbocycles. The molecular formula is C40H67N3O5. The van der Waals surface area contributed by atoms with E-state index in [-0.39, 0.29) is 12.5 Å². The zero-order chi connectivity index (χ0) is 34.7. The summed E-state index contributed by atoms with van der Waals surface area (Å²) in [5, 5.41) is 21.7. The monoisotopic (exact) mass is 670 g/mol. The second-order valence-electron chi connectivity index (χ2n) is 13.8. The maximum absolute atomic E-state index is 12.6. The number of unbranched alkanes of at least 4 members (excludes halogenated alkanes) is 20. The Morgan fingerprint density at radius 3 is 1.94 bits per heavy atom. The highest BCUT2D eigenvalue weighted by molar-refractivity contribution is 5.80. The number of hydrogen-bond acceptors (Lipinski definition) is 7. The SMILES string of the molecule is CCCCCCCCCCCCCCCC(=O)N[C@@H](COC(C)=O)[C@H](O)/C=C/CCCCCCCCCCc1ccc(C)c2nonc12. The molecule has 272 valence electrons. The fourth-order valence-electron chi connectivity index (χ4n) is 6.27. The van der Waals surface area contributed by atoms with Gasteiger partial charge in [0.15, 0.2) is 0 Å². The third-order valence-electron chi connectivity index (χ3n) is 9.33. The van der Waals surface area contributed by atoms with Crippen molar-refractivity contribution < 1.29 is 24.1 Å². The Bertz CT molecular complexity index is 1150. The van der Waals surface area contributed by atoms with Crippen molar-refractivity contribution in [3.05, 3.63) is 35.4 Å². The van der Waals surface area contributed by atoms with Gasteiger partial charge in [-0.1, -0.05) is 147 Å². The van der Waals surface area contributed by atoms with Gasteiger partial charge in [-0.2, -0.15) is 0 Å². The topological polar surface area (TPSA) is 115 Å². The highest BCUT2D eigenvalue weighted by atomic mass is 16.6. The minimum atomic E-state index is -0.892. The molecule has 1 amide bonds.